The molecule has 0 aliphatic rings. The number of hydrazine groups is 1. The van der Waals surface area contributed by atoms with E-state index in [1.807, 2.05) is 10.9 Å². The number of nitrogens with one attached hydrogen (secondary N) is 2. The second kappa shape index (κ2) is 6.87. The van der Waals surface area contributed by atoms with E-state index in [1.54, 1.807) is 20.8 Å². The lowest BCUT2D eigenvalue weighted by Gasteiger charge is -2.19. The van der Waals surface area contributed by atoms with E-state index >= 15 is 0 Å². The molecule has 0 bridgehead atoms. The minimum atomic E-state index is -1.09. The van der Waals surface area contributed by atoms with Crippen LogP contribution >= 0.6 is 0 Å². The Hall–Kier alpha value is -2.38. The molecule has 0 radical (unpaired) electrons. The van der Waals surface area contributed by atoms with Crippen LogP contribution < -0.4 is 10.9 Å². The average Bonchev–Trinajstić information content (AvgIpc) is 2.36. The Morgan fingerprint density at radius 2 is 1.76 bits per heavy atom. The lowest BCUT2D eigenvalue weighted by molar-refractivity contribution is 0.0483. The lowest BCUT2D eigenvalue weighted by Crippen LogP contribution is -2.44. The molecule has 116 valence electrons. The van der Waals surface area contributed by atoms with Gasteiger partial charge in [0.1, 0.15) is 12.2 Å². The number of ether oxygens (including phenoxy) is 2. The molecule has 0 spiro atoms. The summed E-state index contributed by atoms with van der Waals surface area (Å²) in [5.74, 6) is -2.13. The van der Waals surface area contributed by atoms with Crippen molar-refractivity contribution >= 4 is 12.2 Å². The van der Waals surface area contributed by atoms with Crippen LogP contribution in [-0.2, 0) is 16.1 Å². The van der Waals surface area contributed by atoms with E-state index in [0.717, 1.165) is 6.07 Å². The topological polar surface area (TPSA) is 76.7 Å². The van der Waals surface area contributed by atoms with Crippen LogP contribution in [0.4, 0.5) is 18.4 Å². The van der Waals surface area contributed by atoms with Crippen molar-refractivity contribution in [3.63, 3.8) is 0 Å². The first-order chi connectivity index (χ1) is 9.69. The number of rotatable bonds is 2. The van der Waals surface area contributed by atoms with Gasteiger partial charge in [0.25, 0.3) is 0 Å². The number of hydrogen-bond donors (Lipinski definition) is 2. The molecule has 2 N–H and O–H groups in total. The normalized spacial score (nSPS) is 10.7. The predicted octanol–water partition coefficient (Wildman–Crippen LogP) is 2.63. The van der Waals surface area contributed by atoms with E-state index in [1.165, 1.54) is 12.1 Å². The van der Waals surface area contributed by atoms with Crippen molar-refractivity contribution < 1.29 is 27.8 Å². The molecule has 0 saturated heterocycles. The molecule has 1 aromatic rings. The van der Waals surface area contributed by atoms with Crippen LogP contribution in [0.3, 0.4) is 0 Å². The summed E-state index contributed by atoms with van der Waals surface area (Å²) in [6.07, 6.45) is -1.92. The zero-order valence-electron chi connectivity index (χ0n) is 11.8. The number of halogens is 2. The Bertz CT molecular complexity index is 529. The molecule has 1 aromatic carbocycles. The average molecular weight is 302 g/mol. The van der Waals surface area contributed by atoms with Crippen molar-refractivity contribution in [3.8, 4) is 0 Å². The number of carbonyl (C=O) groups is 2. The van der Waals surface area contributed by atoms with Crippen molar-refractivity contribution in [1.82, 2.24) is 10.9 Å². The summed E-state index contributed by atoms with van der Waals surface area (Å²) in [6.45, 7) is 4.47. The maximum atomic E-state index is 13.3. The molecular formula is C13H16F2N2O4. The summed E-state index contributed by atoms with van der Waals surface area (Å²) >= 11 is 0. The Kier molecular flexibility index (Phi) is 5.45. The van der Waals surface area contributed by atoms with Crippen molar-refractivity contribution in [1.29, 1.82) is 0 Å². The van der Waals surface area contributed by atoms with E-state index in [4.69, 9.17) is 4.74 Å². The Labute approximate surface area is 120 Å². The molecule has 0 saturated carbocycles. The summed E-state index contributed by atoms with van der Waals surface area (Å²) in [5.41, 5.74) is 3.01. The van der Waals surface area contributed by atoms with Crippen molar-refractivity contribution in [3.05, 3.63) is 35.4 Å². The largest absolute Gasteiger partial charge is 0.443 e. The maximum absolute atomic E-state index is 13.3. The van der Waals surface area contributed by atoms with Crippen molar-refractivity contribution in [2.45, 2.75) is 33.0 Å². The molecule has 0 atom stereocenters. The molecule has 0 aliphatic heterocycles. The summed E-state index contributed by atoms with van der Waals surface area (Å²) in [4.78, 5) is 22.5. The molecule has 0 heterocycles. The Morgan fingerprint density at radius 1 is 1.14 bits per heavy atom. The predicted molar refractivity (Wildman–Crippen MR) is 69.0 cm³/mol. The Balaban J connectivity index is 2.38. The minimum absolute atomic E-state index is 0.123. The summed E-state index contributed by atoms with van der Waals surface area (Å²) in [5, 5.41) is 0. The highest BCUT2D eigenvalue weighted by Gasteiger charge is 2.17. The van der Waals surface area contributed by atoms with Gasteiger partial charge in [-0.1, -0.05) is 12.1 Å². The highest BCUT2D eigenvalue weighted by atomic mass is 19.2. The molecule has 0 aliphatic carbocycles. The smallest absolute Gasteiger partial charge is 0.426 e. The third-order valence-electron chi connectivity index (χ3n) is 2.06. The van der Waals surface area contributed by atoms with Crippen LogP contribution in [-0.4, -0.2) is 17.8 Å². The van der Waals surface area contributed by atoms with Crippen LogP contribution in [0.15, 0.2) is 18.2 Å². The van der Waals surface area contributed by atoms with E-state index in [-0.39, 0.29) is 5.56 Å². The molecule has 2 amide bonds. The van der Waals surface area contributed by atoms with Gasteiger partial charge in [-0.05, 0) is 26.8 Å². The van der Waals surface area contributed by atoms with E-state index in [9.17, 15) is 18.4 Å². The highest BCUT2D eigenvalue weighted by molar-refractivity contribution is 5.73. The standard InChI is InChI=1S/C13H16F2N2O4/c1-13(2,3)21-12(19)17-16-11(18)20-7-8-5-4-6-9(14)10(8)15/h4-6H,7H2,1-3H3,(H,16,18)(H,17,19). The van der Waals surface area contributed by atoms with Crippen LogP contribution in [0.5, 0.6) is 0 Å². The number of benzene rings is 1. The molecular weight excluding hydrogens is 286 g/mol. The molecule has 6 nitrogen and oxygen atoms in total. The molecule has 1 rings (SSSR count). The second-order valence-electron chi connectivity index (χ2n) is 5.04. The monoisotopic (exact) mass is 302 g/mol. The van der Waals surface area contributed by atoms with Gasteiger partial charge in [-0.25, -0.2) is 29.2 Å². The lowest BCUT2D eigenvalue weighted by atomic mass is 10.2. The zero-order valence-corrected chi connectivity index (χ0v) is 11.8. The molecule has 8 heteroatoms. The van der Waals surface area contributed by atoms with Crippen molar-refractivity contribution in [2.75, 3.05) is 0 Å². The highest BCUT2D eigenvalue weighted by Crippen LogP contribution is 2.12. The van der Waals surface area contributed by atoms with Gasteiger partial charge in [-0.3, -0.25) is 0 Å². The Morgan fingerprint density at radius 3 is 2.38 bits per heavy atom. The first-order valence-electron chi connectivity index (χ1n) is 6.03. The van der Waals surface area contributed by atoms with Gasteiger partial charge in [-0.2, -0.15) is 0 Å². The van der Waals surface area contributed by atoms with Gasteiger partial charge in [0.2, 0.25) is 0 Å². The number of carbonyl (C=O) groups excluding carboxylic acids is 2. The van der Waals surface area contributed by atoms with Gasteiger partial charge < -0.3 is 9.47 Å². The van der Waals surface area contributed by atoms with Gasteiger partial charge in [0.05, 0.1) is 0 Å². The first kappa shape index (κ1) is 16.7. The summed E-state index contributed by atoms with van der Waals surface area (Å²) in [6, 6.07) is 3.50. The fourth-order valence-electron chi connectivity index (χ4n) is 1.24. The van der Waals surface area contributed by atoms with Crippen LogP contribution in [0.1, 0.15) is 26.3 Å². The summed E-state index contributed by atoms with van der Waals surface area (Å²) in [7, 11) is 0. The van der Waals surface area contributed by atoms with Crippen LogP contribution in [0.2, 0.25) is 0 Å². The van der Waals surface area contributed by atoms with E-state index in [2.05, 4.69) is 4.74 Å². The van der Waals surface area contributed by atoms with Gasteiger partial charge >= 0.3 is 12.2 Å². The number of hydrogen-bond acceptors (Lipinski definition) is 4. The SMILES string of the molecule is CC(C)(C)OC(=O)NNC(=O)OCc1cccc(F)c1F. The minimum Gasteiger partial charge on any atom is -0.443 e. The van der Waals surface area contributed by atoms with Crippen LogP contribution in [0, 0.1) is 11.6 Å². The summed E-state index contributed by atoms with van der Waals surface area (Å²) < 4.78 is 35.7. The van der Waals surface area contributed by atoms with E-state index in [0.29, 0.717) is 0 Å². The van der Waals surface area contributed by atoms with Gasteiger partial charge in [-0.15, -0.1) is 0 Å². The van der Waals surface area contributed by atoms with Crippen LogP contribution in [0.25, 0.3) is 0 Å². The molecule has 0 unspecified atom stereocenters. The van der Waals surface area contributed by atoms with Crippen molar-refractivity contribution in [2.24, 2.45) is 0 Å². The van der Waals surface area contributed by atoms with E-state index < -0.39 is 36.0 Å². The zero-order chi connectivity index (χ0) is 16.0. The fourth-order valence-corrected chi connectivity index (χ4v) is 1.24. The van der Waals surface area contributed by atoms with Gasteiger partial charge in [0.15, 0.2) is 11.6 Å². The molecule has 0 fully saturated rings. The maximum Gasteiger partial charge on any atom is 0.426 e. The fraction of sp³-hybridized carbons (Fsp3) is 0.385. The quantitative estimate of drug-likeness (QED) is 0.823. The number of amides is 2. The third kappa shape index (κ3) is 6.07. The first-order valence-corrected chi connectivity index (χ1v) is 6.03. The molecule has 0 aromatic heterocycles. The molecule has 21 heavy (non-hydrogen) atoms. The van der Waals surface area contributed by atoms with Gasteiger partial charge in [0, 0.05) is 5.56 Å². The second-order valence-corrected chi connectivity index (χ2v) is 5.04. The third-order valence-corrected chi connectivity index (χ3v) is 2.06.